The van der Waals surface area contributed by atoms with E-state index >= 15 is 0 Å². The smallest absolute Gasteiger partial charge is 0.224 e. The first kappa shape index (κ1) is 20.4. The summed E-state index contributed by atoms with van der Waals surface area (Å²) in [6, 6.07) is 18.8. The summed E-state index contributed by atoms with van der Waals surface area (Å²) in [6.45, 7) is 4.91. The Bertz CT molecular complexity index is 733. The molecule has 1 aliphatic rings. The Morgan fingerprint density at radius 2 is 1.86 bits per heavy atom. The molecule has 2 aromatic rings. The SMILES string of the molecule is COc1ccc(CC(=O)NCCCN2CCN(C)C[C@@H]2c2ccccc2)cc1. The van der Waals surface area contributed by atoms with E-state index in [1.807, 2.05) is 24.3 Å². The maximum atomic E-state index is 12.2. The van der Waals surface area contributed by atoms with Gasteiger partial charge in [0, 0.05) is 38.8 Å². The van der Waals surface area contributed by atoms with Crippen LogP contribution in [0.25, 0.3) is 0 Å². The zero-order chi connectivity index (χ0) is 19.8. The van der Waals surface area contributed by atoms with Crippen LogP contribution in [0.5, 0.6) is 5.75 Å². The highest BCUT2D eigenvalue weighted by Gasteiger charge is 2.25. The van der Waals surface area contributed by atoms with Crippen molar-refractivity contribution in [2.45, 2.75) is 18.9 Å². The second-order valence-electron chi connectivity index (χ2n) is 7.45. The highest BCUT2D eigenvalue weighted by molar-refractivity contribution is 5.78. The molecule has 0 bridgehead atoms. The fourth-order valence-electron chi connectivity index (χ4n) is 3.72. The Kier molecular flexibility index (Phi) is 7.46. The van der Waals surface area contributed by atoms with Crippen molar-refractivity contribution >= 4 is 5.91 Å². The van der Waals surface area contributed by atoms with Gasteiger partial charge in [0.15, 0.2) is 0 Å². The Morgan fingerprint density at radius 3 is 2.57 bits per heavy atom. The van der Waals surface area contributed by atoms with Crippen LogP contribution in [0.1, 0.15) is 23.6 Å². The number of piperazine rings is 1. The normalized spacial score (nSPS) is 18.0. The first-order chi connectivity index (χ1) is 13.7. The van der Waals surface area contributed by atoms with Gasteiger partial charge < -0.3 is 15.0 Å². The summed E-state index contributed by atoms with van der Waals surface area (Å²) in [5.74, 6) is 0.882. The van der Waals surface area contributed by atoms with E-state index in [9.17, 15) is 4.79 Å². The van der Waals surface area contributed by atoms with E-state index in [4.69, 9.17) is 4.74 Å². The number of nitrogens with one attached hydrogen (secondary N) is 1. The van der Waals surface area contributed by atoms with Crippen LogP contribution >= 0.6 is 0 Å². The lowest BCUT2D eigenvalue weighted by atomic mass is 10.0. The van der Waals surface area contributed by atoms with Crippen LogP contribution in [0.2, 0.25) is 0 Å². The molecule has 1 saturated heterocycles. The van der Waals surface area contributed by atoms with Gasteiger partial charge in [-0.15, -0.1) is 0 Å². The lowest BCUT2D eigenvalue weighted by Crippen LogP contribution is -2.47. The monoisotopic (exact) mass is 381 g/mol. The fraction of sp³-hybridized carbons (Fsp3) is 0.435. The summed E-state index contributed by atoms with van der Waals surface area (Å²) in [5, 5.41) is 3.06. The lowest BCUT2D eigenvalue weighted by molar-refractivity contribution is -0.120. The Morgan fingerprint density at radius 1 is 1.11 bits per heavy atom. The number of amides is 1. The second kappa shape index (κ2) is 10.2. The highest BCUT2D eigenvalue weighted by Crippen LogP contribution is 2.24. The Balaban J connectivity index is 1.43. The minimum atomic E-state index is 0.0724. The Labute approximate surface area is 168 Å². The number of ether oxygens (including phenoxy) is 1. The topological polar surface area (TPSA) is 44.8 Å². The number of carbonyl (C=O) groups is 1. The number of methoxy groups -OCH3 is 1. The Hall–Kier alpha value is -2.37. The van der Waals surface area contributed by atoms with E-state index in [1.54, 1.807) is 7.11 Å². The molecular weight excluding hydrogens is 350 g/mol. The van der Waals surface area contributed by atoms with Gasteiger partial charge in [0.05, 0.1) is 13.5 Å². The van der Waals surface area contributed by atoms with Gasteiger partial charge in [-0.05, 0) is 36.7 Å². The molecule has 1 heterocycles. The lowest BCUT2D eigenvalue weighted by Gasteiger charge is -2.40. The standard InChI is InChI=1S/C23H31N3O2/c1-25-15-16-26(22(18-25)20-7-4-3-5-8-20)14-6-13-24-23(27)17-19-9-11-21(28-2)12-10-19/h3-5,7-12,22H,6,13-18H2,1-2H3,(H,24,27)/t22-/m1/s1. The molecule has 1 atom stereocenters. The van der Waals surface area contributed by atoms with Gasteiger partial charge >= 0.3 is 0 Å². The molecule has 0 spiro atoms. The number of benzene rings is 2. The van der Waals surface area contributed by atoms with Gasteiger partial charge in [0.25, 0.3) is 0 Å². The number of carbonyl (C=O) groups excluding carboxylic acids is 1. The fourth-order valence-corrected chi connectivity index (χ4v) is 3.72. The van der Waals surface area contributed by atoms with Gasteiger partial charge in [-0.1, -0.05) is 42.5 Å². The average Bonchev–Trinajstić information content (AvgIpc) is 2.73. The molecule has 0 unspecified atom stereocenters. The van der Waals surface area contributed by atoms with Gasteiger partial charge in [0.2, 0.25) is 5.91 Å². The van der Waals surface area contributed by atoms with Crippen molar-refractivity contribution in [3.8, 4) is 5.75 Å². The van der Waals surface area contributed by atoms with Crippen molar-refractivity contribution in [2.75, 3.05) is 46.9 Å². The minimum absolute atomic E-state index is 0.0724. The van der Waals surface area contributed by atoms with E-state index in [1.165, 1.54) is 5.56 Å². The van der Waals surface area contributed by atoms with Crippen LogP contribution in [0.15, 0.2) is 54.6 Å². The van der Waals surface area contributed by atoms with E-state index < -0.39 is 0 Å². The predicted molar refractivity (Wildman–Crippen MR) is 113 cm³/mol. The molecule has 5 nitrogen and oxygen atoms in total. The first-order valence-electron chi connectivity index (χ1n) is 10.0. The summed E-state index contributed by atoms with van der Waals surface area (Å²) in [4.78, 5) is 17.1. The van der Waals surface area contributed by atoms with Crippen molar-refractivity contribution in [3.05, 3.63) is 65.7 Å². The van der Waals surface area contributed by atoms with Crippen molar-refractivity contribution in [2.24, 2.45) is 0 Å². The van der Waals surface area contributed by atoms with E-state index in [0.717, 1.165) is 43.9 Å². The molecule has 1 amide bonds. The number of likely N-dealkylation sites (N-methyl/N-ethyl adjacent to an activating group) is 1. The molecule has 1 fully saturated rings. The van der Waals surface area contributed by atoms with Crippen LogP contribution in [-0.4, -0.2) is 62.6 Å². The van der Waals surface area contributed by atoms with Gasteiger partial charge in [0.1, 0.15) is 5.75 Å². The zero-order valence-electron chi connectivity index (χ0n) is 16.9. The molecule has 0 radical (unpaired) electrons. The van der Waals surface area contributed by atoms with Gasteiger partial charge in [-0.25, -0.2) is 0 Å². The minimum Gasteiger partial charge on any atom is -0.497 e. The van der Waals surface area contributed by atoms with Crippen LogP contribution in [-0.2, 0) is 11.2 Å². The molecular formula is C23H31N3O2. The number of rotatable bonds is 8. The van der Waals surface area contributed by atoms with E-state index in [-0.39, 0.29) is 5.91 Å². The molecule has 0 saturated carbocycles. The predicted octanol–water partition coefficient (Wildman–Crippen LogP) is 2.73. The van der Waals surface area contributed by atoms with Gasteiger partial charge in [-0.2, -0.15) is 0 Å². The summed E-state index contributed by atoms with van der Waals surface area (Å²) in [7, 11) is 3.83. The molecule has 28 heavy (non-hydrogen) atoms. The van der Waals surface area contributed by atoms with E-state index in [0.29, 0.717) is 19.0 Å². The zero-order valence-corrected chi connectivity index (χ0v) is 16.9. The van der Waals surface area contributed by atoms with Gasteiger partial charge in [-0.3, -0.25) is 9.69 Å². The number of nitrogens with zero attached hydrogens (tertiary/aromatic N) is 2. The third-order valence-electron chi connectivity index (χ3n) is 5.35. The highest BCUT2D eigenvalue weighted by atomic mass is 16.5. The molecule has 2 aromatic carbocycles. The van der Waals surface area contributed by atoms with Crippen LogP contribution < -0.4 is 10.1 Å². The molecule has 3 rings (SSSR count). The van der Waals surface area contributed by atoms with Crippen LogP contribution in [0, 0.1) is 0 Å². The third kappa shape index (κ3) is 5.81. The van der Waals surface area contributed by atoms with E-state index in [2.05, 4.69) is 52.5 Å². The summed E-state index contributed by atoms with van der Waals surface area (Å²) >= 11 is 0. The molecule has 0 aliphatic carbocycles. The van der Waals surface area contributed by atoms with Crippen molar-refractivity contribution in [1.29, 1.82) is 0 Å². The number of hydrogen-bond acceptors (Lipinski definition) is 4. The molecule has 150 valence electrons. The third-order valence-corrected chi connectivity index (χ3v) is 5.35. The van der Waals surface area contributed by atoms with Crippen molar-refractivity contribution < 1.29 is 9.53 Å². The summed E-state index contributed by atoms with van der Waals surface area (Å²) in [6.07, 6.45) is 1.37. The molecule has 1 aliphatic heterocycles. The summed E-state index contributed by atoms with van der Waals surface area (Å²) < 4.78 is 5.15. The molecule has 1 N–H and O–H groups in total. The second-order valence-corrected chi connectivity index (χ2v) is 7.45. The number of hydrogen-bond donors (Lipinski definition) is 1. The first-order valence-corrected chi connectivity index (χ1v) is 10.0. The summed E-state index contributed by atoms with van der Waals surface area (Å²) in [5.41, 5.74) is 2.37. The quantitative estimate of drug-likeness (QED) is 0.714. The molecule has 0 aromatic heterocycles. The van der Waals surface area contributed by atoms with Crippen LogP contribution in [0.3, 0.4) is 0 Å². The maximum Gasteiger partial charge on any atom is 0.224 e. The largest absolute Gasteiger partial charge is 0.497 e. The maximum absolute atomic E-state index is 12.2. The van der Waals surface area contributed by atoms with Crippen LogP contribution in [0.4, 0.5) is 0 Å². The van der Waals surface area contributed by atoms with Crippen molar-refractivity contribution in [1.82, 2.24) is 15.1 Å². The average molecular weight is 382 g/mol. The van der Waals surface area contributed by atoms with Crippen molar-refractivity contribution in [3.63, 3.8) is 0 Å². The molecule has 5 heteroatoms.